The summed E-state index contributed by atoms with van der Waals surface area (Å²) in [5.41, 5.74) is -0.208. The van der Waals surface area contributed by atoms with E-state index in [0.29, 0.717) is 5.75 Å². The molecule has 2 N–H and O–H groups in total. The summed E-state index contributed by atoms with van der Waals surface area (Å²) in [7, 11) is 0. The van der Waals surface area contributed by atoms with Gasteiger partial charge in [0.25, 0.3) is 5.91 Å². The number of nitrogens with zero attached hydrogens (tertiary/aromatic N) is 1. The van der Waals surface area contributed by atoms with Crippen LogP contribution in [-0.4, -0.2) is 45.1 Å². The number of hydrogen-bond donors (Lipinski definition) is 2. The second kappa shape index (κ2) is 5.73. The molecule has 2 aliphatic heterocycles. The van der Waals surface area contributed by atoms with Gasteiger partial charge >= 0.3 is 5.97 Å². The number of β-lactam (4-membered cyclic amide) rings is 1. The first-order valence-corrected chi connectivity index (χ1v) is 8.22. The molecule has 0 aromatic heterocycles. The van der Waals surface area contributed by atoms with Crippen LogP contribution < -0.4 is 5.32 Å². The number of amides is 2. The van der Waals surface area contributed by atoms with E-state index in [-0.39, 0.29) is 30.0 Å². The molecule has 23 heavy (non-hydrogen) atoms. The second-order valence-electron chi connectivity index (χ2n) is 5.75. The predicted octanol–water partition coefficient (Wildman–Crippen LogP) is 0.988. The highest BCUT2D eigenvalue weighted by molar-refractivity contribution is 8.02. The average molecular weight is 332 g/mol. The molecule has 1 saturated heterocycles. The van der Waals surface area contributed by atoms with E-state index in [9.17, 15) is 14.4 Å². The van der Waals surface area contributed by atoms with Crippen molar-refractivity contribution in [2.24, 2.45) is 0 Å². The number of carboxylic acids is 1. The Morgan fingerprint density at radius 1 is 1.39 bits per heavy atom. The van der Waals surface area contributed by atoms with Gasteiger partial charge in [0.1, 0.15) is 11.2 Å². The van der Waals surface area contributed by atoms with Crippen LogP contribution >= 0.6 is 11.8 Å². The van der Waals surface area contributed by atoms with Crippen molar-refractivity contribution in [3.63, 3.8) is 0 Å². The highest BCUT2D eigenvalue weighted by atomic mass is 32.2. The number of rotatable bonds is 4. The maximum Gasteiger partial charge on any atom is 0.353 e. The SMILES string of the molecule is CC1(NC(=O)Cc2ccccc2)C(=O)N2C(C(=O)O)=CSCC21. The lowest BCUT2D eigenvalue weighted by molar-refractivity contribution is -0.161. The normalized spacial score (nSPS) is 26.0. The lowest BCUT2D eigenvalue weighted by Gasteiger charge is -2.55. The van der Waals surface area contributed by atoms with Crippen molar-refractivity contribution in [3.05, 3.63) is 47.0 Å². The van der Waals surface area contributed by atoms with Crippen molar-refractivity contribution >= 4 is 29.5 Å². The number of thioether (sulfide) groups is 1. The van der Waals surface area contributed by atoms with Crippen molar-refractivity contribution in [2.45, 2.75) is 24.9 Å². The maximum atomic E-state index is 12.4. The van der Waals surface area contributed by atoms with Gasteiger partial charge in [-0.2, -0.15) is 0 Å². The second-order valence-corrected chi connectivity index (χ2v) is 6.65. The van der Waals surface area contributed by atoms with Crippen LogP contribution in [-0.2, 0) is 20.8 Å². The summed E-state index contributed by atoms with van der Waals surface area (Å²) in [6, 6.07) is 8.92. The Labute approximate surface area is 137 Å². The molecule has 0 saturated carbocycles. The van der Waals surface area contributed by atoms with Gasteiger partial charge in [0.05, 0.1) is 12.5 Å². The van der Waals surface area contributed by atoms with Gasteiger partial charge in [0.2, 0.25) is 5.91 Å². The van der Waals surface area contributed by atoms with Crippen LogP contribution in [0.15, 0.2) is 41.4 Å². The number of carboxylic acid groups (broad SMARTS) is 1. The number of aliphatic carboxylic acids is 1. The summed E-state index contributed by atoms with van der Waals surface area (Å²) in [4.78, 5) is 37.1. The van der Waals surface area contributed by atoms with Gasteiger partial charge in [-0.3, -0.25) is 14.5 Å². The minimum atomic E-state index is -1.13. The van der Waals surface area contributed by atoms with E-state index < -0.39 is 11.5 Å². The quantitative estimate of drug-likeness (QED) is 0.803. The monoisotopic (exact) mass is 332 g/mol. The van der Waals surface area contributed by atoms with E-state index in [0.717, 1.165) is 5.56 Å². The number of fused-ring (bicyclic) bond motifs is 1. The molecular formula is C16H16N2O4S. The molecule has 120 valence electrons. The molecule has 2 aliphatic rings. The van der Waals surface area contributed by atoms with Crippen LogP contribution in [0.5, 0.6) is 0 Å². The van der Waals surface area contributed by atoms with Crippen LogP contribution in [0.3, 0.4) is 0 Å². The van der Waals surface area contributed by atoms with Gasteiger partial charge in [-0.1, -0.05) is 30.3 Å². The number of hydrogen-bond acceptors (Lipinski definition) is 4. The van der Waals surface area contributed by atoms with E-state index in [2.05, 4.69) is 5.32 Å². The highest BCUT2D eigenvalue weighted by Gasteiger charge is 2.61. The summed E-state index contributed by atoms with van der Waals surface area (Å²) in [5.74, 6) is -1.20. The van der Waals surface area contributed by atoms with Crippen molar-refractivity contribution in [1.82, 2.24) is 10.2 Å². The third-order valence-corrected chi connectivity index (χ3v) is 5.07. The molecule has 2 atom stereocenters. The smallest absolute Gasteiger partial charge is 0.353 e. The average Bonchev–Trinajstić information content (AvgIpc) is 2.54. The van der Waals surface area contributed by atoms with E-state index in [1.165, 1.54) is 22.1 Å². The van der Waals surface area contributed by atoms with Crippen molar-refractivity contribution in [2.75, 3.05) is 5.75 Å². The Kier molecular flexibility index (Phi) is 3.89. The summed E-state index contributed by atoms with van der Waals surface area (Å²) in [6.45, 7) is 1.66. The molecule has 2 amide bonds. The molecule has 0 bridgehead atoms. The van der Waals surface area contributed by atoms with E-state index in [1.807, 2.05) is 30.3 Å². The van der Waals surface area contributed by atoms with Gasteiger partial charge in [-0.05, 0) is 12.5 Å². The molecule has 0 aliphatic carbocycles. The fraction of sp³-hybridized carbons (Fsp3) is 0.312. The van der Waals surface area contributed by atoms with Gasteiger partial charge in [0, 0.05) is 11.2 Å². The molecule has 0 radical (unpaired) electrons. The fourth-order valence-electron chi connectivity index (χ4n) is 2.93. The Balaban J connectivity index is 1.71. The molecule has 0 spiro atoms. The van der Waals surface area contributed by atoms with E-state index in [1.54, 1.807) is 6.92 Å². The van der Waals surface area contributed by atoms with Gasteiger partial charge in [-0.25, -0.2) is 4.79 Å². The topological polar surface area (TPSA) is 86.7 Å². The zero-order valence-electron chi connectivity index (χ0n) is 12.5. The minimum Gasteiger partial charge on any atom is -0.477 e. The van der Waals surface area contributed by atoms with Crippen LogP contribution in [0.25, 0.3) is 0 Å². The molecular weight excluding hydrogens is 316 g/mol. The van der Waals surface area contributed by atoms with Crippen LogP contribution in [0.1, 0.15) is 12.5 Å². The van der Waals surface area contributed by atoms with Crippen LogP contribution in [0.2, 0.25) is 0 Å². The Morgan fingerprint density at radius 3 is 2.74 bits per heavy atom. The van der Waals surface area contributed by atoms with E-state index in [4.69, 9.17) is 5.11 Å². The molecule has 2 heterocycles. The lowest BCUT2D eigenvalue weighted by atomic mass is 9.80. The van der Waals surface area contributed by atoms with Gasteiger partial charge in [0.15, 0.2) is 0 Å². The number of nitrogens with one attached hydrogen (secondary N) is 1. The largest absolute Gasteiger partial charge is 0.477 e. The molecule has 1 aromatic carbocycles. The summed E-state index contributed by atoms with van der Waals surface area (Å²) < 4.78 is 0. The predicted molar refractivity (Wildman–Crippen MR) is 85.5 cm³/mol. The van der Waals surface area contributed by atoms with Crippen molar-refractivity contribution < 1.29 is 19.5 Å². The lowest BCUT2D eigenvalue weighted by Crippen LogP contribution is -2.80. The Morgan fingerprint density at radius 2 is 2.09 bits per heavy atom. The third-order valence-electron chi connectivity index (χ3n) is 4.18. The highest BCUT2D eigenvalue weighted by Crippen LogP contribution is 2.40. The molecule has 1 fully saturated rings. The summed E-state index contributed by atoms with van der Waals surface area (Å²) >= 11 is 1.34. The van der Waals surface area contributed by atoms with Crippen molar-refractivity contribution in [1.29, 1.82) is 0 Å². The molecule has 7 heteroatoms. The zero-order valence-corrected chi connectivity index (χ0v) is 13.3. The number of benzene rings is 1. The molecule has 6 nitrogen and oxygen atoms in total. The maximum absolute atomic E-state index is 12.4. The van der Waals surface area contributed by atoms with Gasteiger partial charge in [-0.15, -0.1) is 11.8 Å². The van der Waals surface area contributed by atoms with Crippen molar-refractivity contribution in [3.8, 4) is 0 Å². The molecule has 2 unspecified atom stereocenters. The van der Waals surface area contributed by atoms with Crippen LogP contribution in [0, 0.1) is 0 Å². The first-order valence-electron chi connectivity index (χ1n) is 7.17. The van der Waals surface area contributed by atoms with E-state index >= 15 is 0 Å². The molecule has 1 aromatic rings. The third kappa shape index (κ3) is 2.61. The first kappa shape index (κ1) is 15.6. The Bertz CT molecular complexity index is 703. The minimum absolute atomic E-state index is 0.0222. The number of carbonyl (C=O) groups is 3. The summed E-state index contributed by atoms with van der Waals surface area (Å²) in [5, 5.41) is 13.4. The first-order chi connectivity index (χ1) is 10.9. The molecule has 3 rings (SSSR count). The summed E-state index contributed by atoms with van der Waals surface area (Å²) in [6.07, 6.45) is 0.186. The fourth-order valence-corrected chi connectivity index (χ4v) is 4.06. The standard InChI is InChI=1S/C16H16N2O4S/c1-16(17-13(19)7-10-5-3-2-4-6-10)12-9-23-8-11(14(20)21)18(12)15(16)22/h2-6,8,12H,7,9H2,1H3,(H,17,19)(H,20,21). The zero-order chi connectivity index (χ0) is 16.6. The Hall–Kier alpha value is -2.28. The number of carbonyl (C=O) groups excluding carboxylic acids is 2. The van der Waals surface area contributed by atoms with Crippen LogP contribution in [0.4, 0.5) is 0 Å². The van der Waals surface area contributed by atoms with Gasteiger partial charge < -0.3 is 10.4 Å².